The predicted molar refractivity (Wildman–Crippen MR) is 76.4 cm³/mol. The summed E-state index contributed by atoms with van der Waals surface area (Å²) in [6.07, 6.45) is 4.07. The van der Waals surface area contributed by atoms with Crippen LogP contribution in [0.2, 0.25) is 0 Å². The maximum absolute atomic E-state index is 12.2. The number of hydrogen-bond acceptors (Lipinski definition) is 4. The molecule has 0 spiro atoms. The van der Waals surface area contributed by atoms with E-state index in [1.54, 1.807) is 18.3 Å². The molecule has 0 saturated heterocycles. The van der Waals surface area contributed by atoms with Crippen molar-refractivity contribution >= 4 is 23.2 Å². The number of rotatable bonds is 1. The fourth-order valence-corrected chi connectivity index (χ4v) is 2.52. The van der Waals surface area contributed by atoms with Crippen LogP contribution in [0.1, 0.15) is 40.4 Å². The normalized spacial score (nSPS) is 16.6. The van der Waals surface area contributed by atoms with Crippen molar-refractivity contribution in [2.24, 2.45) is 0 Å². The molecule has 2 aliphatic rings. The summed E-state index contributed by atoms with van der Waals surface area (Å²) in [5.74, 6) is 1.67. The minimum absolute atomic E-state index is 0.150. The summed E-state index contributed by atoms with van der Waals surface area (Å²) >= 11 is 0. The molecule has 5 nitrogen and oxygen atoms in total. The maximum atomic E-state index is 12.2. The molecule has 2 aromatic heterocycles. The van der Waals surface area contributed by atoms with Crippen LogP contribution in [0.4, 0.5) is 17.3 Å². The van der Waals surface area contributed by atoms with Crippen molar-refractivity contribution in [2.75, 3.05) is 10.6 Å². The van der Waals surface area contributed by atoms with E-state index in [-0.39, 0.29) is 5.91 Å². The second-order valence-electron chi connectivity index (χ2n) is 5.34. The summed E-state index contributed by atoms with van der Waals surface area (Å²) in [6, 6.07) is 5.58. The average molecular weight is 266 g/mol. The molecule has 0 aromatic carbocycles. The number of hydrogen-bond donors (Lipinski definition) is 2. The Morgan fingerprint density at radius 3 is 2.90 bits per heavy atom. The molecule has 5 heteroatoms. The van der Waals surface area contributed by atoms with Gasteiger partial charge in [0.05, 0.1) is 11.3 Å². The SMILES string of the molecule is Cc1cc(C2CC2)nc2c1NC(=O)c1cccnc1N2. The van der Waals surface area contributed by atoms with E-state index in [1.807, 2.05) is 6.92 Å². The van der Waals surface area contributed by atoms with Gasteiger partial charge in [-0.05, 0) is 43.5 Å². The van der Waals surface area contributed by atoms with Crippen LogP contribution in [0.3, 0.4) is 0 Å². The molecular weight excluding hydrogens is 252 g/mol. The molecule has 4 rings (SSSR count). The largest absolute Gasteiger partial charge is 0.323 e. The summed E-state index contributed by atoms with van der Waals surface area (Å²) in [4.78, 5) is 21.1. The number of carbonyl (C=O) groups excluding carboxylic acids is 1. The summed E-state index contributed by atoms with van der Waals surface area (Å²) in [7, 11) is 0. The number of amides is 1. The smallest absolute Gasteiger partial charge is 0.259 e. The second kappa shape index (κ2) is 4.03. The summed E-state index contributed by atoms with van der Waals surface area (Å²) in [5.41, 5.74) is 3.42. The zero-order valence-electron chi connectivity index (χ0n) is 11.1. The first-order chi connectivity index (χ1) is 9.72. The number of aryl methyl sites for hydroxylation is 1. The van der Waals surface area contributed by atoms with Crippen LogP contribution in [0.25, 0.3) is 0 Å². The van der Waals surface area contributed by atoms with Gasteiger partial charge in [0, 0.05) is 17.8 Å². The molecule has 0 unspecified atom stereocenters. The highest BCUT2D eigenvalue weighted by molar-refractivity contribution is 6.11. The lowest BCUT2D eigenvalue weighted by Crippen LogP contribution is -2.12. The monoisotopic (exact) mass is 266 g/mol. The summed E-state index contributed by atoms with van der Waals surface area (Å²) < 4.78 is 0. The fourth-order valence-electron chi connectivity index (χ4n) is 2.52. The molecule has 1 fully saturated rings. The summed E-state index contributed by atoms with van der Waals surface area (Å²) in [5, 5.41) is 6.12. The number of carbonyl (C=O) groups is 1. The van der Waals surface area contributed by atoms with Gasteiger partial charge in [-0.15, -0.1) is 0 Å². The summed E-state index contributed by atoms with van der Waals surface area (Å²) in [6.45, 7) is 2.00. The molecule has 100 valence electrons. The van der Waals surface area contributed by atoms with Crippen molar-refractivity contribution in [3.63, 3.8) is 0 Å². The second-order valence-corrected chi connectivity index (χ2v) is 5.34. The van der Waals surface area contributed by atoms with Gasteiger partial charge in [-0.3, -0.25) is 4.79 Å². The third-order valence-corrected chi connectivity index (χ3v) is 3.76. The Kier molecular flexibility index (Phi) is 2.30. The van der Waals surface area contributed by atoms with E-state index in [2.05, 4.69) is 26.7 Å². The van der Waals surface area contributed by atoms with E-state index in [4.69, 9.17) is 0 Å². The molecule has 1 amide bonds. The van der Waals surface area contributed by atoms with E-state index in [1.165, 1.54) is 12.8 Å². The zero-order chi connectivity index (χ0) is 13.7. The van der Waals surface area contributed by atoms with Crippen LogP contribution in [-0.4, -0.2) is 15.9 Å². The first-order valence-corrected chi connectivity index (χ1v) is 6.77. The van der Waals surface area contributed by atoms with Crippen LogP contribution in [0, 0.1) is 6.92 Å². The van der Waals surface area contributed by atoms with Crippen molar-refractivity contribution in [3.05, 3.63) is 41.2 Å². The van der Waals surface area contributed by atoms with Crippen molar-refractivity contribution in [1.82, 2.24) is 9.97 Å². The van der Waals surface area contributed by atoms with Crippen LogP contribution in [-0.2, 0) is 0 Å². The molecule has 2 N–H and O–H groups in total. The van der Waals surface area contributed by atoms with E-state index in [0.717, 1.165) is 16.9 Å². The van der Waals surface area contributed by atoms with Gasteiger partial charge in [-0.25, -0.2) is 9.97 Å². The molecule has 0 bridgehead atoms. The Bertz CT molecular complexity index is 722. The zero-order valence-corrected chi connectivity index (χ0v) is 11.1. The number of fused-ring (bicyclic) bond motifs is 2. The quantitative estimate of drug-likeness (QED) is 0.832. The van der Waals surface area contributed by atoms with Crippen molar-refractivity contribution in [1.29, 1.82) is 0 Å². The van der Waals surface area contributed by atoms with Gasteiger partial charge in [-0.1, -0.05) is 0 Å². The lowest BCUT2D eigenvalue weighted by Gasteiger charge is -2.12. The minimum Gasteiger partial charge on any atom is -0.323 e. The maximum Gasteiger partial charge on any atom is 0.259 e. The topological polar surface area (TPSA) is 66.9 Å². The van der Waals surface area contributed by atoms with E-state index < -0.39 is 0 Å². The molecule has 3 heterocycles. The van der Waals surface area contributed by atoms with Crippen LogP contribution in [0.15, 0.2) is 24.4 Å². The Morgan fingerprint density at radius 2 is 2.10 bits per heavy atom. The Hall–Kier alpha value is -2.43. The van der Waals surface area contributed by atoms with Crippen molar-refractivity contribution in [2.45, 2.75) is 25.7 Å². The van der Waals surface area contributed by atoms with Crippen molar-refractivity contribution in [3.8, 4) is 0 Å². The molecule has 20 heavy (non-hydrogen) atoms. The standard InChI is InChI=1S/C15H14N4O/c1-8-7-11(9-4-5-9)17-14-12(8)18-15(20)10-3-2-6-16-13(10)19-14/h2-3,6-7,9H,4-5H2,1H3,(H,18,20)(H,16,17,19). The molecule has 0 radical (unpaired) electrons. The molecular formula is C15H14N4O. The van der Waals surface area contributed by atoms with E-state index >= 15 is 0 Å². The average Bonchev–Trinajstić information content (AvgIpc) is 3.26. The predicted octanol–water partition coefficient (Wildman–Crippen LogP) is 2.97. The number of pyridine rings is 2. The molecule has 1 aliphatic carbocycles. The van der Waals surface area contributed by atoms with Gasteiger partial charge in [-0.2, -0.15) is 0 Å². The lowest BCUT2D eigenvalue weighted by atomic mass is 10.1. The van der Waals surface area contributed by atoms with Crippen LogP contribution >= 0.6 is 0 Å². The van der Waals surface area contributed by atoms with Crippen LogP contribution in [0.5, 0.6) is 0 Å². The Labute approximate surface area is 116 Å². The van der Waals surface area contributed by atoms with E-state index in [0.29, 0.717) is 23.1 Å². The van der Waals surface area contributed by atoms with Gasteiger partial charge in [0.1, 0.15) is 5.82 Å². The Balaban J connectivity index is 1.87. The Morgan fingerprint density at radius 1 is 1.25 bits per heavy atom. The lowest BCUT2D eigenvalue weighted by molar-refractivity contribution is 0.102. The molecule has 1 aliphatic heterocycles. The number of aromatic nitrogens is 2. The first-order valence-electron chi connectivity index (χ1n) is 6.77. The third kappa shape index (κ3) is 1.74. The number of nitrogens with one attached hydrogen (secondary N) is 2. The van der Waals surface area contributed by atoms with Gasteiger partial charge in [0.2, 0.25) is 0 Å². The van der Waals surface area contributed by atoms with Crippen molar-refractivity contribution < 1.29 is 4.79 Å². The van der Waals surface area contributed by atoms with Gasteiger partial charge >= 0.3 is 0 Å². The highest BCUT2D eigenvalue weighted by Crippen LogP contribution is 2.42. The fraction of sp³-hybridized carbons (Fsp3) is 0.267. The van der Waals surface area contributed by atoms with Gasteiger partial charge in [0.15, 0.2) is 5.82 Å². The van der Waals surface area contributed by atoms with Gasteiger partial charge < -0.3 is 10.6 Å². The third-order valence-electron chi connectivity index (χ3n) is 3.76. The number of nitrogens with zero attached hydrogens (tertiary/aromatic N) is 2. The van der Waals surface area contributed by atoms with Gasteiger partial charge in [0.25, 0.3) is 5.91 Å². The number of anilines is 3. The highest BCUT2D eigenvalue weighted by atomic mass is 16.1. The minimum atomic E-state index is -0.150. The highest BCUT2D eigenvalue weighted by Gasteiger charge is 2.28. The van der Waals surface area contributed by atoms with E-state index in [9.17, 15) is 4.79 Å². The molecule has 0 atom stereocenters. The molecule has 2 aromatic rings. The molecule has 1 saturated carbocycles. The van der Waals surface area contributed by atoms with Crippen LogP contribution < -0.4 is 10.6 Å². The first kappa shape index (κ1) is 11.4.